The number of fused-ring (bicyclic) bond motifs is 1. The highest BCUT2D eigenvalue weighted by molar-refractivity contribution is 5.19. The third-order valence-electron chi connectivity index (χ3n) is 8.93. The normalized spacial score (nSPS) is 46.7. The van der Waals surface area contributed by atoms with Crippen molar-refractivity contribution in [1.29, 1.82) is 0 Å². The molecule has 144 valence electrons. The van der Waals surface area contributed by atoms with E-state index in [1.165, 1.54) is 45.2 Å². The first-order valence-corrected chi connectivity index (χ1v) is 11.3. The molecule has 0 heterocycles. The van der Waals surface area contributed by atoms with Crippen LogP contribution in [0.15, 0.2) is 0 Å². The summed E-state index contributed by atoms with van der Waals surface area (Å²) in [6, 6.07) is 1.26. The molecule has 0 aromatic heterocycles. The summed E-state index contributed by atoms with van der Waals surface area (Å²) in [6.45, 7) is 14.6. The van der Waals surface area contributed by atoms with Gasteiger partial charge in [0.25, 0.3) is 0 Å². The summed E-state index contributed by atoms with van der Waals surface area (Å²) in [6.07, 6.45) is 7.36. The average molecular weight is 347 g/mol. The molecule has 25 heavy (non-hydrogen) atoms. The smallest absolute Gasteiger partial charge is 0.0169 e. The molecule has 4 aliphatic carbocycles. The Balaban J connectivity index is 1.08. The second-order valence-corrected chi connectivity index (χ2v) is 10.7. The van der Waals surface area contributed by atoms with E-state index in [1.807, 2.05) is 0 Å². The van der Waals surface area contributed by atoms with Crippen LogP contribution < -0.4 is 5.32 Å². The van der Waals surface area contributed by atoms with Crippen LogP contribution in [0.2, 0.25) is 0 Å². The minimum Gasteiger partial charge on any atom is -0.310 e. The van der Waals surface area contributed by atoms with Crippen LogP contribution in [0, 0.1) is 46.8 Å². The summed E-state index contributed by atoms with van der Waals surface area (Å²) >= 11 is 0. The molecule has 4 aliphatic rings. The average Bonchev–Trinajstić information content (AvgIpc) is 3.38. The predicted octanol–water partition coefficient (Wildman–Crippen LogP) is 4.65. The van der Waals surface area contributed by atoms with E-state index in [-0.39, 0.29) is 0 Å². The summed E-state index contributed by atoms with van der Waals surface area (Å²) in [5.74, 6) is 7.46. The van der Waals surface area contributed by atoms with E-state index in [1.54, 1.807) is 0 Å². The molecule has 0 saturated heterocycles. The van der Waals surface area contributed by atoms with Gasteiger partial charge in [-0.25, -0.2) is 0 Å². The standard InChI is InChI=1S/C23H42N2/c1-7-18-21-19(22(18)21)9-8-10-25(6)13-15(3)24-17(5)16(4)20-12-23(20)11-14(23)2/h14-22,24H,7-13H2,1-6H3/t14?,15?,16?,17?,18?,19?,20?,21-,22?,23?/m0/s1. The first-order chi connectivity index (χ1) is 11.9. The molecule has 4 fully saturated rings. The van der Waals surface area contributed by atoms with Crippen LogP contribution in [0.5, 0.6) is 0 Å². The van der Waals surface area contributed by atoms with Crippen LogP contribution >= 0.6 is 0 Å². The van der Waals surface area contributed by atoms with Gasteiger partial charge in [0, 0.05) is 18.6 Å². The van der Waals surface area contributed by atoms with Gasteiger partial charge in [-0.05, 0) is 100.0 Å². The first-order valence-electron chi connectivity index (χ1n) is 11.3. The SMILES string of the molecule is CCC1C2C(CCCN(C)CC(C)NC(C)C(C)C3CC34CC4C)[C@H]12. The van der Waals surface area contributed by atoms with Crippen molar-refractivity contribution in [3.8, 4) is 0 Å². The first kappa shape index (κ1) is 18.3. The molecule has 0 aromatic carbocycles. The number of nitrogens with zero attached hydrogens (tertiary/aromatic N) is 1. The van der Waals surface area contributed by atoms with E-state index < -0.39 is 0 Å². The molecule has 0 radical (unpaired) electrons. The summed E-state index contributed by atoms with van der Waals surface area (Å²) in [5, 5.41) is 3.91. The van der Waals surface area contributed by atoms with Crippen molar-refractivity contribution < 1.29 is 0 Å². The number of hydrogen-bond acceptors (Lipinski definition) is 2. The van der Waals surface area contributed by atoms with Gasteiger partial charge in [-0.3, -0.25) is 0 Å². The van der Waals surface area contributed by atoms with Crippen LogP contribution in [0.3, 0.4) is 0 Å². The van der Waals surface area contributed by atoms with Crippen molar-refractivity contribution >= 4 is 0 Å². The van der Waals surface area contributed by atoms with Crippen molar-refractivity contribution in [1.82, 2.24) is 10.2 Å². The van der Waals surface area contributed by atoms with Crippen LogP contribution in [-0.2, 0) is 0 Å². The lowest BCUT2D eigenvalue weighted by Crippen LogP contribution is -2.45. The Hall–Kier alpha value is -0.0800. The van der Waals surface area contributed by atoms with E-state index >= 15 is 0 Å². The molecule has 0 aliphatic heterocycles. The van der Waals surface area contributed by atoms with E-state index in [0.717, 1.165) is 46.8 Å². The zero-order chi connectivity index (χ0) is 17.9. The largest absolute Gasteiger partial charge is 0.310 e. The van der Waals surface area contributed by atoms with E-state index in [2.05, 4.69) is 51.9 Å². The fraction of sp³-hybridized carbons (Fsp3) is 1.00. The highest BCUT2D eigenvalue weighted by atomic mass is 15.1. The van der Waals surface area contributed by atoms with Crippen molar-refractivity contribution in [3.05, 3.63) is 0 Å². The second-order valence-electron chi connectivity index (χ2n) is 10.7. The van der Waals surface area contributed by atoms with Crippen LogP contribution in [0.1, 0.15) is 66.7 Å². The van der Waals surface area contributed by atoms with Gasteiger partial charge in [-0.2, -0.15) is 0 Å². The van der Waals surface area contributed by atoms with Crippen LogP contribution in [-0.4, -0.2) is 37.1 Å². The third kappa shape index (κ3) is 3.43. The zero-order valence-corrected chi connectivity index (χ0v) is 17.6. The Bertz CT molecular complexity index is 480. The quantitative estimate of drug-likeness (QED) is 0.586. The molecule has 0 bridgehead atoms. The second kappa shape index (κ2) is 6.51. The lowest BCUT2D eigenvalue weighted by atomic mass is 9.95. The van der Waals surface area contributed by atoms with Gasteiger partial charge in [0.2, 0.25) is 0 Å². The lowest BCUT2D eigenvalue weighted by molar-refractivity contribution is 0.251. The molecule has 9 unspecified atom stereocenters. The monoisotopic (exact) mass is 346 g/mol. The topological polar surface area (TPSA) is 15.3 Å². The Morgan fingerprint density at radius 3 is 2.36 bits per heavy atom. The van der Waals surface area contributed by atoms with E-state index in [0.29, 0.717) is 12.1 Å². The summed E-state index contributed by atoms with van der Waals surface area (Å²) < 4.78 is 0. The van der Waals surface area contributed by atoms with Crippen molar-refractivity contribution in [3.63, 3.8) is 0 Å². The van der Waals surface area contributed by atoms with Gasteiger partial charge in [0.1, 0.15) is 0 Å². The minimum atomic E-state index is 0.604. The maximum atomic E-state index is 3.91. The zero-order valence-electron chi connectivity index (χ0n) is 17.6. The van der Waals surface area contributed by atoms with Crippen molar-refractivity contribution in [2.24, 2.45) is 46.8 Å². The Morgan fingerprint density at radius 1 is 1.12 bits per heavy atom. The molecule has 4 rings (SSSR count). The molecule has 0 aromatic rings. The molecular formula is C23H42N2. The molecule has 2 nitrogen and oxygen atoms in total. The fourth-order valence-corrected chi connectivity index (χ4v) is 6.80. The molecule has 10 atom stereocenters. The molecule has 1 spiro atoms. The summed E-state index contributed by atoms with van der Waals surface area (Å²) in [7, 11) is 2.32. The molecular weight excluding hydrogens is 304 g/mol. The lowest BCUT2D eigenvalue weighted by Gasteiger charge is -2.28. The number of hydrogen-bond donors (Lipinski definition) is 1. The Labute approximate surface area is 156 Å². The number of nitrogens with one attached hydrogen (secondary N) is 1. The summed E-state index contributed by atoms with van der Waals surface area (Å²) in [4.78, 5) is 2.56. The molecule has 2 heteroatoms. The van der Waals surface area contributed by atoms with Gasteiger partial charge in [0.05, 0.1) is 0 Å². The Kier molecular flexibility index (Phi) is 4.77. The number of rotatable bonds is 11. The highest BCUT2D eigenvalue weighted by Gasteiger charge is 2.71. The van der Waals surface area contributed by atoms with E-state index in [4.69, 9.17) is 0 Å². The van der Waals surface area contributed by atoms with Crippen molar-refractivity contribution in [2.75, 3.05) is 20.1 Å². The summed E-state index contributed by atoms with van der Waals surface area (Å²) in [5.41, 5.74) is 0.801. The van der Waals surface area contributed by atoms with Gasteiger partial charge in [-0.1, -0.05) is 27.2 Å². The van der Waals surface area contributed by atoms with Gasteiger partial charge >= 0.3 is 0 Å². The fourth-order valence-electron chi connectivity index (χ4n) is 6.80. The maximum absolute atomic E-state index is 3.91. The van der Waals surface area contributed by atoms with Gasteiger partial charge < -0.3 is 10.2 Å². The highest BCUT2D eigenvalue weighted by Crippen LogP contribution is 2.76. The Morgan fingerprint density at radius 2 is 1.80 bits per heavy atom. The van der Waals surface area contributed by atoms with Crippen LogP contribution in [0.25, 0.3) is 0 Å². The maximum Gasteiger partial charge on any atom is 0.0169 e. The van der Waals surface area contributed by atoms with Gasteiger partial charge in [-0.15, -0.1) is 0 Å². The van der Waals surface area contributed by atoms with E-state index in [9.17, 15) is 0 Å². The number of likely N-dealkylation sites (N-methyl/N-ethyl adjacent to an activating group) is 1. The predicted molar refractivity (Wildman–Crippen MR) is 107 cm³/mol. The van der Waals surface area contributed by atoms with Crippen LogP contribution in [0.4, 0.5) is 0 Å². The minimum absolute atomic E-state index is 0.604. The van der Waals surface area contributed by atoms with Crippen molar-refractivity contribution in [2.45, 2.75) is 78.8 Å². The molecule has 0 amide bonds. The molecule has 1 N–H and O–H groups in total. The molecule has 4 saturated carbocycles. The third-order valence-corrected chi connectivity index (χ3v) is 8.93. The van der Waals surface area contributed by atoms with Gasteiger partial charge in [0.15, 0.2) is 0 Å².